The minimum Gasteiger partial charge on any atom is -0.393 e. The van der Waals surface area contributed by atoms with E-state index in [1.165, 1.54) is 5.56 Å². The number of aliphatic hydroxyl groups excluding tert-OH is 2. The Morgan fingerprint density at radius 2 is 1.71 bits per heavy atom. The van der Waals surface area contributed by atoms with Crippen LogP contribution in [0, 0.1) is 0 Å². The predicted molar refractivity (Wildman–Crippen MR) is 57.0 cm³/mol. The minimum atomic E-state index is -0.187. The maximum atomic E-state index is 9.38. The van der Waals surface area contributed by atoms with Gasteiger partial charge in [0.05, 0.1) is 12.7 Å². The van der Waals surface area contributed by atoms with Gasteiger partial charge in [-0.2, -0.15) is 0 Å². The molecular formula is C12H18O2. The van der Waals surface area contributed by atoms with Crippen molar-refractivity contribution in [3.8, 4) is 0 Å². The first-order valence-corrected chi connectivity index (χ1v) is 5.13. The normalized spacial score (nSPS) is 12.8. The maximum absolute atomic E-state index is 9.38. The van der Waals surface area contributed by atoms with Gasteiger partial charge in [0.2, 0.25) is 0 Å². The summed E-state index contributed by atoms with van der Waals surface area (Å²) in [7, 11) is 0. The molecule has 1 aromatic rings. The summed E-state index contributed by atoms with van der Waals surface area (Å²) in [6, 6.07) is 7.86. The molecule has 1 rings (SSSR count). The number of hydrogen-bond acceptors (Lipinski definition) is 2. The zero-order valence-corrected chi connectivity index (χ0v) is 8.61. The third-order valence-corrected chi connectivity index (χ3v) is 2.44. The molecule has 0 bridgehead atoms. The van der Waals surface area contributed by atoms with Crippen molar-refractivity contribution in [1.82, 2.24) is 0 Å². The molecule has 2 nitrogen and oxygen atoms in total. The molecule has 0 saturated carbocycles. The summed E-state index contributed by atoms with van der Waals surface area (Å²) in [6.07, 6.45) is 2.34. The first-order valence-electron chi connectivity index (χ1n) is 5.13. The van der Waals surface area contributed by atoms with E-state index in [2.05, 4.69) is 0 Å². The van der Waals surface area contributed by atoms with Crippen LogP contribution in [-0.4, -0.2) is 16.3 Å². The van der Waals surface area contributed by atoms with Crippen LogP contribution in [-0.2, 0) is 13.0 Å². The Balaban J connectivity index is 2.43. The lowest BCUT2D eigenvalue weighted by Gasteiger charge is -2.07. The van der Waals surface area contributed by atoms with E-state index in [0.717, 1.165) is 24.8 Å². The molecule has 0 spiro atoms. The number of benzene rings is 1. The molecular weight excluding hydrogens is 176 g/mol. The van der Waals surface area contributed by atoms with Crippen LogP contribution in [0.4, 0.5) is 0 Å². The maximum Gasteiger partial charge on any atom is 0.0681 e. The van der Waals surface area contributed by atoms with Crippen molar-refractivity contribution in [2.24, 2.45) is 0 Å². The fourth-order valence-electron chi connectivity index (χ4n) is 1.35. The second-order valence-corrected chi connectivity index (χ2v) is 3.58. The molecule has 2 N–H and O–H groups in total. The topological polar surface area (TPSA) is 40.5 Å². The molecule has 1 atom stereocenters. The number of hydrogen-bond donors (Lipinski definition) is 2. The largest absolute Gasteiger partial charge is 0.393 e. The fourth-order valence-corrected chi connectivity index (χ4v) is 1.35. The molecule has 0 radical (unpaired) electrons. The van der Waals surface area contributed by atoms with Crippen LogP contribution < -0.4 is 0 Å². The van der Waals surface area contributed by atoms with Crippen LogP contribution in [0.3, 0.4) is 0 Å². The molecule has 0 aliphatic heterocycles. The summed E-state index contributed by atoms with van der Waals surface area (Å²) in [5.41, 5.74) is 2.15. The summed E-state index contributed by atoms with van der Waals surface area (Å²) < 4.78 is 0. The van der Waals surface area contributed by atoms with E-state index in [-0.39, 0.29) is 12.7 Å². The Morgan fingerprint density at radius 1 is 1.14 bits per heavy atom. The third-order valence-electron chi connectivity index (χ3n) is 2.44. The lowest BCUT2D eigenvalue weighted by Crippen LogP contribution is -2.05. The fraction of sp³-hybridized carbons (Fsp3) is 0.500. The van der Waals surface area contributed by atoms with Crippen LogP contribution in [0.2, 0.25) is 0 Å². The molecule has 0 amide bonds. The molecule has 78 valence electrons. The first kappa shape index (κ1) is 11.2. The second kappa shape index (κ2) is 5.78. The zero-order valence-electron chi connectivity index (χ0n) is 8.61. The molecule has 0 aliphatic carbocycles. The molecule has 0 heterocycles. The Hall–Kier alpha value is -0.860. The van der Waals surface area contributed by atoms with Gasteiger partial charge in [0.1, 0.15) is 0 Å². The van der Waals surface area contributed by atoms with Gasteiger partial charge in [-0.3, -0.25) is 0 Å². The van der Waals surface area contributed by atoms with E-state index < -0.39 is 0 Å². The number of aryl methyl sites for hydroxylation is 1. The molecule has 0 saturated heterocycles. The van der Waals surface area contributed by atoms with E-state index in [4.69, 9.17) is 5.11 Å². The van der Waals surface area contributed by atoms with Gasteiger partial charge in [-0.25, -0.2) is 0 Å². The molecule has 14 heavy (non-hydrogen) atoms. The van der Waals surface area contributed by atoms with Crippen molar-refractivity contribution in [2.45, 2.75) is 38.9 Å². The van der Waals surface area contributed by atoms with Gasteiger partial charge in [-0.05, 0) is 30.4 Å². The first-order chi connectivity index (χ1) is 6.76. The summed E-state index contributed by atoms with van der Waals surface area (Å²) >= 11 is 0. The summed E-state index contributed by atoms with van der Waals surface area (Å²) in [5.74, 6) is 0. The average molecular weight is 194 g/mol. The third kappa shape index (κ3) is 3.48. The van der Waals surface area contributed by atoms with Crippen molar-refractivity contribution >= 4 is 0 Å². The van der Waals surface area contributed by atoms with Gasteiger partial charge in [-0.15, -0.1) is 0 Å². The highest BCUT2D eigenvalue weighted by atomic mass is 16.3. The lowest BCUT2D eigenvalue weighted by molar-refractivity contribution is 0.160. The Morgan fingerprint density at radius 3 is 2.21 bits per heavy atom. The van der Waals surface area contributed by atoms with E-state index in [9.17, 15) is 5.11 Å². The van der Waals surface area contributed by atoms with Crippen molar-refractivity contribution in [3.05, 3.63) is 35.4 Å². The van der Waals surface area contributed by atoms with E-state index in [1.54, 1.807) is 0 Å². The monoisotopic (exact) mass is 194 g/mol. The Kier molecular flexibility index (Phi) is 4.63. The molecule has 1 aromatic carbocycles. The van der Waals surface area contributed by atoms with Crippen LogP contribution in [0.25, 0.3) is 0 Å². The van der Waals surface area contributed by atoms with Crippen LogP contribution in [0.15, 0.2) is 24.3 Å². The summed E-state index contributed by atoms with van der Waals surface area (Å²) in [6.45, 7) is 2.08. The second-order valence-electron chi connectivity index (χ2n) is 3.58. The summed E-state index contributed by atoms with van der Waals surface area (Å²) in [4.78, 5) is 0. The van der Waals surface area contributed by atoms with Crippen molar-refractivity contribution in [3.63, 3.8) is 0 Å². The minimum absolute atomic E-state index is 0.0951. The van der Waals surface area contributed by atoms with Gasteiger partial charge in [0.25, 0.3) is 0 Å². The standard InChI is InChI=1S/C12H18O2/c1-2-12(14)8-7-10-3-5-11(9-13)6-4-10/h3-6,12-14H,2,7-9H2,1H3. The SMILES string of the molecule is CCC(O)CCc1ccc(CO)cc1. The quantitative estimate of drug-likeness (QED) is 0.751. The van der Waals surface area contributed by atoms with Crippen molar-refractivity contribution in [2.75, 3.05) is 0 Å². The highest BCUT2D eigenvalue weighted by Gasteiger charge is 2.01. The molecule has 2 heteroatoms. The van der Waals surface area contributed by atoms with Gasteiger partial charge >= 0.3 is 0 Å². The van der Waals surface area contributed by atoms with E-state index in [0.29, 0.717) is 0 Å². The van der Waals surface area contributed by atoms with Gasteiger partial charge in [0.15, 0.2) is 0 Å². The number of rotatable bonds is 5. The Labute approximate surface area is 85.2 Å². The van der Waals surface area contributed by atoms with Crippen LogP contribution >= 0.6 is 0 Å². The van der Waals surface area contributed by atoms with Crippen LogP contribution in [0.1, 0.15) is 30.9 Å². The van der Waals surface area contributed by atoms with Crippen molar-refractivity contribution < 1.29 is 10.2 Å². The van der Waals surface area contributed by atoms with Crippen LogP contribution in [0.5, 0.6) is 0 Å². The number of aliphatic hydroxyl groups is 2. The molecule has 0 aliphatic rings. The van der Waals surface area contributed by atoms with Gasteiger partial charge < -0.3 is 10.2 Å². The molecule has 0 fully saturated rings. The van der Waals surface area contributed by atoms with Gasteiger partial charge in [0, 0.05) is 0 Å². The smallest absolute Gasteiger partial charge is 0.0681 e. The highest BCUT2D eigenvalue weighted by molar-refractivity contribution is 5.22. The summed E-state index contributed by atoms with van der Waals surface area (Å²) in [5, 5.41) is 18.2. The average Bonchev–Trinajstić information content (AvgIpc) is 2.26. The molecule has 1 unspecified atom stereocenters. The van der Waals surface area contributed by atoms with Crippen molar-refractivity contribution in [1.29, 1.82) is 0 Å². The Bertz CT molecular complexity index is 254. The predicted octanol–water partition coefficient (Wildman–Crippen LogP) is 1.88. The van der Waals surface area contributed by atoms with E-state index >= 15 is 0 Å². The molecule has 0 aromatic heterocycles. The zero-order chi connectivity index (χ0) is 10.4. The lowest BCUT2D eigenvalue weighted by atomic mass is 10.0. The van der Waals surface area contributed by atoms with Gasteiger partial charge in [-0.1, -0.05) is 31.2 Å². The van der Waals surface area contributed by atoms with E-state index in [1.807, 2.05) is 31.2 Å². The highest BCUT2D eigenvalue weighted by Crippen LogP contribution is 2.09.